The van der Waals surface area contributed by atoms with E-state index in [1.165, 1.54) is 0 Å². The summed E-state index contributed by atoms with van der Waals surface area (Å²) in [6, 6.07) is 3.96. The van der Waals surface area contributed by atoms with Crippen molar-refractivity contribution in [3.8, 4) is 0 Å². The molecule has 2 aromatic rings. The van der Waals surface area contributed by atoms with Gasteiger partial charge in [-0.15, -0.1) is 0 Å². The number of pyridine rings is 1. The molecule has 1 N–H and O–H groups in total. The minimum atomic E-state index is 1.14. The predicted octanol–water partition coefficient (Wildman–Crippen LogP) is 2.59. The van der Waals surface area contributed by atoms with Crippen molar-refractivity contribution in [3.05, 3.63) is 30.7 Å². The lowest BCUT2D eigenvalue weighted by Crippen LogP contribution is -1.67. The van der Waals surface area contributed by atoms with Gasteiger partial charge in [0, 0.05) is 29.5 Å². The van der Waals surface area contributed by atoms with Gasteiger partial charge in [-0.3, -0.25) is 4.98 Å². The van der Waals surface area contributed by atoms with Crippen molar-refractivity contribution in [2.45, 2.75) is 13.8 Å². The predicted molar refractivity (Wildman–Crippen MR) is 47.4 cm³/mol. The van der Waals surface area contributed by atoms with Crippen LogP contribution in [-0.2, 0) is 0 Å². The number of aromatic amines is 1. The minimum absolute atomic E-state index is 1.14. The number of hydrogen-bond donors (Lipinski definition) is 1. The topological polar surface area (TPSA) is 28.7 Å². The standard InChI is InChI=1S/C7H6N2.C2H6/c1-4-9-7-2-3-8-5-6(1)7;1-2/h1-5,9H;1-2H3. The normalized spacial score (nSPS) is 8.91. The highest BCUT2D eigenvalue weighted by Gasteiger charge is 1.87. The number of aromatic nitrogens is 2. The summed E-state index contributed by atoms with van der Waals surface area (Å²) in [6.45, 7) is 4.00. The van der Waals surface area contributed by atoms with Gasteiger partial charge in [0.1, 0.15) is 0 Å². The Morgan fingerprint density at radius 3 is 2.82 bits per heavy atom. The maximum Gasteiger partial charge on any atom is 0.0484 e. The van der Waals surface area contributed by atoms with Gasteiger partial charge in [0.15, 0.2) is 0 Å². The van der Waals surface area contributed by atoms with Gasteiger partial charge < -0.3 is 4.98 Å². The first kappa shape index (κ1) is 7.79. The first-order valence-electron chi connectivity index (χ1n) is 3.84. The molecule has 0 aliphatic carbocycles. The molecule has 58 valence electrons. The molecule has 0 aromatic carbocycles. The van der Waals surface area contributed by atoms with E-state index in [-0.39, 0.29) is 0 Å². The Morgan fingerprint density at radius 2 is 2.09 bits per heavy atom. The lowest BCUT2D eigenvalue weighted by atomic mass is 10.3. The summed E-state index contributed by atoms with van der Waals surface area (Å²) in [5.74, 6) is 0. The second-order valence-electron chi connectivity index (χ2n) is 1.94. The molecular formula is C9H12N2. The van der Waals surface area contributed by atoms with Crippen LogP contribution in [0.2, 0.25) is 0 Å². The lowest BCUT2D eigenvalue weighted by molar-refractivity contribution is 1.36. The molecule has 0 aliphatic heterocycles. The van der Waals surface area contributed by atoms with Crippen LogP contribution in [0.25, 0.3) is 10.9 Å². The van der Waals surface area contributed by atoms with Crippen molar-refractivity contribution in [2.24, 2.45) is 0 Å². The van der Waals surface area contributed by atoms with E-state index in [9.17, 15) is 0 Å². The summed E-state index contributed by atoms with van der Waals surface area (Å²) in [5.41, 5.74) is 1.14. The third-order valence-corrected chi connectivity index (χ3v) is 1.35. The molecule has 0 spiro atoms. The first-order chi connectivity index (χ1) is 5.47. The van der Waals surface area contributed by atoms with E-state index in [4.69, 9.17) is 0 Å². The van der Waals surface area contributed by atoms with Crippen molar-refractivity contribution in [2.75, 3.05) is 0 Å². The third-order valence-electron chi connectivity index (χ3n) is 1.35. The van der Waals surface area contributed by atoms with Crippen LogP contribution in [0.15, 0.2) is 30.7 Å². The van der Waals surface area contributed by atoms with Gasteiger partial charge in [-0.25, -0.2) is 0 Å². The molecule has 2 rings (SSSR count). The number of hydrogen-bond acceptors (Lipinski definition) is 1. The van der Waals surface area contributed by atoms with E-state index < -0.39 is 0 Å². The zero-order chi connectivity index (χ0) is 8.10. The maximum atomic E-state index is 3.97. The molecule has 0 atom stereocenters. The van der Waals surface area contributed by atoms with Crippen LogP contribution in [0, 0.1) is 0 Å². The molecule has 11 heavy (non-hydrogen) atoms. The minimum Gasteiger partial charge on any atom is -0.361 e. The number of fused-ring (bicyclic) bond motifs is 1. The number of nitrogens with zero attached hydrogens (tertiary/aromatic N) is 1. The molecule has 2 heteroatoms. The Hall–Kier alpha value is -1.31. The second-order valence-corrected chi connectivity index (χ2v) is 1.94. The molecule has 0 amide bonds. The van der Waals surface area contributed by atoms with Gasteiger partial charge in [0.25, 0.3) is 0 Å². The van der Waals surface area contributed by atoms with E-state index in [1.807, 2.05) is 38.4 Å². The second kappa shape index (κ2) is 3.76. The number of H-pyrrole nitrogens is 1. The van der Waals surface area contributed by atoms with Crippen LogP contribution in [0.3, 0.4) is 0 Å². The van der Waals surface area contributed by atoms with Gasteiger partial charge in [-0.05, 0) is 12.1 Å². The molecule has 2 aromatic heterocycles. The molecule has 0 bridgehead atoms. The molecule has 0 aliphatic rings. The molecule has 0 fully saturated rings. The zero-order valence-corrected chi connectivity index (χ0v) is 6.83. The van der Waals surface area contributed by atoms with Gasteiger partial charge in [0.05, 0.1) is 0 Å². The summed E-state index contributed by atoms with van der Waals surface area (Å²) in [6.07, 6.45) is 5.52. The molecule has 2 heterocycles. The summed E-state index contributed by atoms with van der Waals surface area (Å²) >= 11 is 0. The van der Waals surface area contributed by atoms with E-state index >= 15 is 0 Å². The van der Waals surface area contributed by atoms with Crippen LogP contribution in [-0.4, -0.2) is 9.97 Å². The largest absolute Gasteiger partial charge is 0.361 e. The Labute approximate surface area is 66.3 Å². The summed E-state index contributed by atoms with van der Waals surface area (Å²) < 4.78 is 0. The van der Waals surface area contributed by atoms with Crippen molar-refractivity contribution >= 4 is 10.9 Å². The lowest BCUT2D eigenvalue weighted by Gasteiger charge is -1.82. The first-order valence-corrected chi connectivity index (χ1v) is 3.84. The van der Waals surface area contributed by atoms with Crippen LogP contribution < -0.4 is 0 Å². The molecule has 0 radical (unpaired) electrons. The molecule has 0 saturated carbocycles. The van der Waals surface area contributed by atoms with Crippen LogP contribution in [0.4, 0.5) is 0 Å². The van der Waals surface area contributed by atoms with Crippen molar-refractivity contribution < 1.29 is 0 Å². The summed E-state index contributed by atoms with van der Waals surface area (Å²) in [4.78, 5) is 7.04. The van der Waals surface area contributed by atoms with E-state index in [0.717, 1.165) is 10.9 Å². The fourth-order valence-electron chi connectivity index (χ4n) is 0.892. The molecular weight excluding hydrogens is 136 g/mol. The summed E-state index contributed by atoms with van der Waals surface area (Å²) in [7, 11) is 0. The molecule has 0 unspecified atom stereocenters. The molecule has 2 nitrogen and oxygen atoms in total. The Morgan fingerprint density at radius 1 is 1.27 bits per heavy atom. The van der Waals surface area contributed by atoms with Crippen LogP contribution in [0.1, 0.15) is 13.8 Å². The molecule has 0 saturated heterocycles. The average molecular weight is 148 g/mol. The van der Waals surface area contributed by atoms with Crippen LogP contribution >= 0.6 is 0 Å². The van der Waals surface area contributed by atoms with Gasteiger partial charge in [-0.2, -0.15) is 0 Å². The third kappa shape index (κ3) is 1.58. The summed E-state index contributed by atoms with van der Waals surface area (Å²) in [5, 5.41) is 1.16. The monoisotopic (exact) mass is 148 g/mol. The zero-order valence-electron chi connectivity index (χ0n) is 6.83. The fraction of sp³-hybridized carbons (Fsp3) is 0.222. The Bertz CT molecular complexity index is 282. The number of nitrogens with one attached hydrogen (secondary N) is 1. The highest BCUT2D eigenvalue weighted by atomic mass is 14.7. The van der Waals surface area contributed by atoms with Crippen molar-refractivity contribution in [3.63, 3.8) is 0 Å². The quantitative estimate of drug-likeness (QED) is 0.611. The van der Waals surface area contributed by atoms with Gasteiger partial charge in [-0.1, -0.05) is 13.8 Å². The van der Waals surface area contributed by atoms with E-state index in [2.05, 4.69) is 9.97 Å². The Kier molecular flexibility index (Phi) is 2.66. The van der Waals surface area contributed by atoms with E-state index in [0.29, 0.717) is 0 Å². The fourth-order valence-corrected chi connectivity index (χ4v) is 0.892. The highest BCUT2D eigenvalue weighted by molar-refractivity contribution is 5.77. The smallest absolute Gasteiger partial charge is 0.0484 e. The van der Waals surface area contributed by atoms with E-state index in [1.54, 1.807) is 6.20 Å². The van der Waals surface area contributed by atoms with Gasteiger partial charge in [0.2, 0.25) is 0 Å². The highest BCUT2D eigenvalue weighted by Crippen LogP contribution is 2.07. The van der Waals surface area contributed by atoms with Crippen molar-refractivity contribution in [1.29, 1.82) is 0 Å². The SMILES string of the molecule is CC.c1cc2[nH]ccc2cn1. The average Bonchev–Trinajstić information content (AvgIpc) is 2.55. The maximum absolute atomic E-state index is 3.97. The Balaban J connectivity index is 0.000000281. The van der Waals surface area contributed by atoms with Crippen molar-refractivity contribution in [1.82, 2.24) is 9.97 Å². The van der Waals surface area contributed by atoms with Crippen LogP contribution in [0.5, 0.6) is 0 Å². The van der Waals surface area contributed by atoms with Gasteiger partial charge >= 0.3 is 0 Å². The number of rotatable bonds is 0.